The molecule has 29 heavy (non-hydrogen) atoms. The van der Waals surface area contributed by atoms with E-state index in [4.69, 9.17) is 27.6 Å². The Labute approximate surface area is 193 Å². The van der Waals surface area contributed by atoms with Crippen LogP contribution in [0.5, 0.6) is 5.75 Å². The van der Waals surface area contributed by atoms with Crippen molar-refractivity contribution in [2.45, 2.75) is 13.2 Å². The van der Waals surface area contributed by atoms with Gasteiger partial charge in [-0.25, -0.2) is 0 Å². The average molecular weight is 563 g/mol. The second kappa shape index (κ2) is 12.7. The third-order valence-corrected chi connectivity index (χ3v) is 3.91. The van der Waals surface area contributed by atoms with Crippen molar-refractivity contribution < 1.29 is 22.7 Å². The van der Waals surface area contributed by atoms with Gasteiger partial charge in [0.05, 0.1) is 11.3 Å². The van der Waals surface area contributed by atoms with E-state index in [9.17, 15) is 13.6 Å². The highest BCUT2D eigenvalue weighted by Gasteiger charge is 2.15. The summed E-state index contributed by atoms with van der Waals surface area (Å²) < 4.78 is 34.7. The van der Waals surface area contributed by atoms with Crippen molar-refractivity contribution in [3.63, 3.8) is 0 Å². The van der Waals surface area contributed by atoms with Crippen LogP contribution in [0.3, 0.4) is 0 Å². The molecule has 1 aromatic carbocycles. The van der Waals surface area contributed by atoms with Crippen molar-refractivity contribution in [3.05, 3.63) is 51.9 Å². The number of hydrogen-bond acceptors (Lipinski definition) is 4. The Morgan fingerprint density at radius 3 is 2.59 bits per heavy atom. The molecule has 0 aliphatic heterocycles. The van der Waals surface area contributed by atoms with Gasteiger partial charge in [0, 0.05) is 37.3 Å². The van der Waals surface area contributed by atoms with E-state index in [0.717, 1.165) is 0 Å². The predicted molar refractivity (Wildman–Crippen MR) is 118 cm³/mol. The second-order valence-corrected chi connectivity index (χ2v) is 6.18. The summed E-state index contributed by atoms with van der Waals surface area (Å²) in [6, 6.07) is 5.96. The number of benzene rings is 1. The number of rotatable bonds is 8. The van der Waals surface area contributed by atoms with E-state index in [1.807, 2.05) is 0 Å². The summed E-state index contributed by atoms with van der Waals surface area (Å²) >= 11 is 11.9. The molecule has 0 radical (unpaired) electrons. The Kier molecular flexibility index (Phi) is 11.1. The van der Waals surface area contributed by atoms with Crippen LogP contribution in [0.25, 0.3) is 0 Å². The van der Waals surface area contributed by atoms with Gasteiger partial charge < -0.3 is 25.1 Å². The Balaban J connectivity index is 0.00000420. The smallest absolute Gasteiger partial charge is 0.387 e. The number of carbonyl (C=O) groups excluding carboxylic acids is 1. The molecule has 1 heterocycles. The largest absolute Gasteiger partial charge is 0.459 e. The zero-order chi connectivity index (χ0) is 20.5. The Morgan fingerprint density at radius 2 is 1.97 bits per heavy atom. The molecule has 3 N–H and O–H groups in total. The van der Waals surface area contributed by atoms with Gasteiger partial charge in [-0.1, -0.05) is 23.2 Å². The summed E-state index contributed by atoms with van der Waals surface area (Å²) in [5.41, 5.74) is 0.340. The van der Waals surface area contributed by atoms with Crippen LogP contribution in [0.4, 0.5) is 8.78 Å². The van der Waals surface area contributed by atoms with Crippen molar-refractivity contribution in [1.29, 1.82) is 0 Å². The van der Waals surface area contributed by atoms with E-state index in [1.54, 1.807) is 12.1 Å². The summed E-state index contributed by atoms with van der Waals surface area (Å²) in [5, 5.41) is 8.84. The van der Waals surface area contributed by atoms with E-state index in [1.165, 1.54) is 25.4 Å². The molecule has 0 spiro atoms. The minimum Gasteiger partial charge on any atom is -0.459 e. The van der Waals surface area contributed by atoms with E-state index >= 15 is 0 Å². The second-order valence-electron chi connectivity index (χ2n) is 5.34. The molecule has 160 valence electrons. The Bertz CT molecular complexity index is 823. The molecule has 0 bridgehead atoms. The molecular formula is C17H19Cl2F2IN4O3. The number of amides is 1. The number of aliphatic imine (C=N–C) groups is 1. The topological polar surface area (TPSA) is 87.9 Å². The minimum atomic E-state index is -3.02. The highest BCUT2D eigenvalue weighted by atomic mass is 127. The number of halogens is 5. The summed E-state index contributed by atoms with van der Waals surface area (Å²) in [7, 11) is 1.54. The molecule has 0 fully saturated rings. The van der Waals surface area contributed by atoms with Crippen LogP contribution in [0.15, 0.2) is 39.9 Å². The van der Waals surface area contributed by atoms with Crippen LogP contribution >= 0.6 is 47.2 Å². The number of ether oxygens (including phenoxy) is 1. The molecule has 12 heteroatoms. The number of alkyl halides is 2. The fourth-order valence-corrected chi connectivity index (χ4v) is 2.80. The van der Waals surface area contributed by atoms with Crippen LogP contribution in [0.2, 0.25) is 10.0 Å². The summed E-state index contributed by atoms with van der Waals surface area (Å²) in [5.74, 6) is 0.102. The molecule has 0 atom stereocenters. The first kappa shape index (κ1) is 25.2. The zero-order valence-electron chi connectivity index (χ0n) is 15.2. The fourth-order valence-electron chi connectivity index (χ4n) is 2.22. The van der Waals surface area contributed by atoms with Gasteiger partial charge in [-0.2, -0.15) is 8.78 Å². The fraction of sp³-hybridized carbons (Fsp3) is 0.294. The third kappa shape index (κ3) is 8.23. The maximum Gasteiger partial charge on any atom is 0.387 e. The number of carbonyl (C=O) groups is 1. The van der Waals surface area contributed by atoms with Gasteiger partial charge in [-0.15, -0.1) is 24.0 Å². The van der Waals surface area contributed by atoms with E-state index < -0.39 is 6.61 Å². The van der Waals surface area contributed by atoms with Gasteiger partial charge in [0.15, 0.2) is 11.7 Å². The van der Waals surface area contributed by atoms with Gasteiger partial charge >= 0.3 is 6.61 Å². The van der Waals surface area contributed by atoms with E-state index in [-0.39, 0.29) is 58.0 Å². The summed E-state index contributed by atoms with van der Waals surface area (Å²) in [6.07, 6.45) is 1.41. The zero-order valence-corrected chi connectivity index (χ0v) is 19.0. The molecule has 0 aliphatic carbocycles. The Hall–Kier alpha value is -1.79. The first-order chi connectivity index (χ1) is 13.4. The standard InChI is InChI=1S/C17H18Cl2F2N4O3.HI/c1-22-17(24-5-4-23-15(26)13-3-2-6-27-13)25-9-10-7-11(18)8-12(19)14(10)28-16(20)21;/h2-3,6-8,16H,4-5,9H2,1H3,(H,23,26)(H2,22,24,25);1H. The van der Waals surface area contributed by atoms with Crippen LogP contribution in [0.1, 0.15) is 16.1 Å². The number of nitrogens with one attached hydrogen (secondary N) is 3. The molecule has 0 unspecified atom stereocenters. The van der Waals surface area contributed by atoms with Crippen molar-refractivity contribution in [3.8, 4) is 5.75 Å². The summed E-state index contributed by atoms with van der Waals surface area (Å²) in [4.78, 5) is 15.8. The van der Waals surface area contributed by atoms with Crippen LogP contribution < -0.4 is 20.7 Å². The molecule has 0 aliphatic rings. The number of guanidine groups is 1. The Morgan fingerprint density at radius 1 is 1.24 bits per heavy atom. The molecule has 1 aromatic heterocycles. The van der Waals surface area contributed by atoms with Crippen molar-refractivity contribution in [1.82, 2.24) is 16.0 Å². The van der Waals surface area contributed by atoms with Crippen LogP contribution in [-0.4, -0.2) is 38.6 Å². The lowest BCUT2D eigenvalue weighted by Gasteiger charge is -2.16. The van der Waals surface area contributed by atoms with Gasteiger partial charge in [-0.3, -0.25) is 9.79 Å². The highest BCUT2D eigenvalue weighted by molar-refractivity contribution is 14.0. The van der Waals surface area contributed by atoms with Crippen molar-refractivity contribution in [2.75, 3.05) is 20.1 Å². The number of hydrogen-bond donors (Lipinski definition) is 3. The lowest BCUT2D eigenvalue weighted by Crippen LogP contribution is -2.41. The predicted octanol–water partition coefficient (Wildman–Crippen LogP) is 3.90. The maximum atomic E-state index is 12.6. The third-order valence-electron chi connectivity index (χ3n) is 3.41. The minimum absolute atomic E-state index is 0. The SMILES string of the molecule is CN=C(NCCNC(=O)c1ccco1)NCc1cc(Cl)cc(Cl)c1OC(F)F.I. The van der Waals surface area contributed by atoms with Gasteiger partial charge in [0.2, 0.25) is 0 Å². The van der Waals surface area contributed by atoms with Gasteiger partial charge in [0.25, 0.3) is 5.91 Å². The van der Waals surface area contributed by atoms with Crippen LogP contribution in [0, 0.1) is 0 Å². The highest BCUT2D eigenvalue weighted by Crippen LogP contribution is 2.33. The number of furan rings is 1. The lowest BCUT2D eigenvalue weighted by molar-refractivity contribution is -0.0504. The monoisotopic (exact) mass is 562 g/mol. The van der Waals surface area contributed by atoms with Crippen molar-refractivity contribution >= 4 is 59.0 Å². The molecule has 2 aromatic rings. The molecular weight excluding hydrogens is 544 g/mol. The van der Waals surface area contributed by atoms with Crippen molar-refractivity contribution in [2.24, 2.45) is 4.99 Å². The van der Waals surface area contributed by atoms with Crippen LogP contribution in [-0.2, 0) is 6.54 Å². The maximum absolute atomic E-state index is 12.6. The summed E-state index contributed by atoms with van der Waals surface area (Å²) in [6.45, 7) is -2.26. The first-order valence-electron chi connectivity index (χ1n) is 8.09. The van der Waals surface area contributed by atoms with Gasteiger partial charge in [0.1, 0.15) is 5.75 Å². The molecule has 0 saturated carbocycles. The normalized spacial score (nSPS) is 11.0. The molecule has 7 nitrogen and oxygen atoms in total. The molecule has 0 saturated heterocycles. The average Bonchev–Trinajstić information content (AvgIpc) is 3.18. The van der Waals surface area contributed by atoms with Gasteiger partial charge in [-0.05, 0) is 24.3 Å². The lowest BCUT2D eigenvalue weighted by atomic mass is 10.2. The quantitative estimate of drug-likeness (QED) is 0.197. The number of nitrogens with zero attached hydrogens (tertiary/aromatic N) is 1. The molecule has 1 amide bonds. The molecule has 2 rings (SSSR count). The first-order valence-corrected chi connectivity index (χ1v) is 8.85. The van der Waals surface area contributed by atoms with E-state index in [0.29, 0.717) is 24.6 Å². The van der Waals surface area contributed by atoms with E-state index in [2.05, 4.69) is 25.7 Å².